The number of hydrogen-bond acceptors (Lipinski definition) is 3. The topological polar surface area (TPSA) is 16.1 Å². The first-order chi connectivity index (χ1) is 8.13. The minimum absolute atomic E-state index is 0.673. The van der Waals surface area contributed by atoms with Gasteiger partial charge < -0.3 is 4.90 Å². The molecule has 0 N–H and O–H groups in total. The Labute approximate surface area is 111 Å². The third kappa shape index (κ3) is 5.55. The van der Waals surface area contributed by atoms with Crippen LogP contribution in [0.3, 0.4) is 0 Å². The molecular weight excluding hydrogens is 228 g/mol. The van der Waals surface area contributed by atoms with Gasteiger partial charge in [0.05, 0.1) is 0 Å². The minimum atomic E-state index is 0.673. The summed E-state index contributed by atoms with van der Waals surface area (Å²) in [6.45, 7) is 6.73. The molecule has 0 saturated carbocycles. The van der Waals surface area contributed by atoms with Crippen molar-refractivity contribution < 1.29 is 0 Å². The van der Waals surface area contributed by atoms with Crippen molar-refractivity contribution in [3.05, 3.63) is 30.1 Å². The molecule has 2 nitrogen and oxygen atoms in total. The second kappa shape index (κ2) is 7.72. The molecule has 1 atom stereocenters. The van der Waals surface area contributed by atoms with Crippen LogP contribution in [0.15, 0.2) is 24.4 Å². The lowest BCUT2D eigenvalue weighted by atomic mass is 9.97. The van der Waals surface area contributed by atoms with Crippen LogP contribution in [0.5, 0.6) is 0 Å². The van der Waals surface area contributed by atoms with Gasteiger partial charge in [-0.1, -0.05) is 19.9 Å². The Bertz CT molecular complexity index is 300. The maximum atomic E-state index is 4.43. The van der Waals surface area contributed by atoms with Crippen molar-refractivity contribution in [2.24, 2.45) is 11.8 Å². The number of pyridine rings is 1. The number of hydrogen-bond donors (Lipinski definition) is 1. The van der Waals surface area contributed by atoms with E-state index < -0.39 is 0 Å². The monoisotopic (exact) mass is 252 g/mol. The van der Waals surface area contributed by atoms with Gasteiger partial charge in [0.2, 0.25) is 0 Å². The highest BCUT2D eigenvalue weighted by Crippen LogP contribution is 2.13. The van der Waals surface area contributed by atoms with Gasteiger partial charge in [0, 0.05) is 31.4 Å². The highest BCUT2D eigenvalue weighted by molar-refractivity contribution is 7.80. The molecule has 17 heavy (non-hydrogen) atoms. The van der Waals surface area contributed by atoms with Crippen molar-refractivity contribution >= 4 is 12.6 Å². The van der Waals surface area contributed by atoms with E-state index >= 15 is 0 Å². The Morgan fingerprint density at radius 1 is 1.35 bits per heavy atom. The van der Waals surface area contributed by atoms with Gasteiger partial charge in [-0.25, -0.2) is 0 Å². The fraction of sp³-hybridized carbons (Fsp3) is 0.643. The van der Waals surface area contributed by atoms with Gasteiger partial charge in [-0.05, 0) is 36.8 Å². The quantitative estimate of drug-likeness (QED) is 0.751. The molecule has 1 aromatic rings. The summed E-state index contributed by atoms with van der Waals surface area (Å²) in [6.07, 6.45) is 2.88. The van der Waals surface area contributed by atoms with Crippen LogP contribution >= 0.6 is 12.6 Å². The SMILES string of the molecule is CC(C)C(CS)CN(C)CCc1ccccn1. The molecule has 0 radical (unpaired) electrons. The van der Waals surface area contributed by atoms with Crippen LogP contribution in [0.25, 0.3) is 0 Å². The summed E-state index contributed by atoms with van der Waals surface area (Å²) in [5.74, 6) is 2.34. The Morgan fingerprint density at radius 2 is 2.12 bits per heavy atom. The maximum absolute atomic E-state index is 4.43. The summed E-state index contributed by atoms with van der Waals surface area (Å²) in [5.41, 5.74) is 1.17. The van der Waals surface area contributed by atoms with E-state index in [9.17, 15) is 0 Å². The van der Waals surface area contributed by atoms with Crippen molar-refractivity contribution in [3.8, 4) is 0 Å². The van der Waals surface area contributed by atoms with E-state index in [0.717, 1.165) is 25.3 Å². The Hall–Kier alpha value is -0.540. The summed E-state index contributed by atoms with van der Waals surface area (Å²) in [7, 11) is 2.18. The van der Waals surface area contributed by atoms with Gasteiger partial charge in [-0.3, -0.25) is 4.98 Å². The summed E-state index contributed by atoms with van der Waals surface area (Å²) in [5, 5.41) is 0. The van der Waals surface area contributed by atoms with Crippen LogP contribution in [-0.4, -0.2) is 35.8 Å². The average molecular weight is 252 g/mol. The number of aromatic nitrogens is 1. The second-order valence-electron chi connectivity index (χ2n) is 5.02. The standard InChI is InChI=1S/C14H24N2S/c1-12(2)13(11-17)10-16(3)9-7-14-6-4-5-8-15-14/h4-6,8,12-13,17H,7,9-11H2,1-3H3. The predicted octanol–water partition coefficient (Wildman–Crippen LogP) is 2.76. The molecule has 3 heteroatoms. The molecule has 0 amide bonds. The van der Waals surface area contributed by atoms with E-state index in [1.807, 2.05) is 18.3 Å². The highest BCUT2D eigenvalue weighted by atomic mass is 32.1. The molecule has 96 valence electrons. The van der Waals surface area contributed by atoms with Gasteiger partial charge in [-0.15, -0.1) is 0 Å². The molecule has 0 fully saturated rings. The molecule has 1 unspecified atom stereocenters. The zero-order valence-electron chi connectivity index (χ0n) is 11.1. The third-order valence-corrected chi connectivity index (χ3v) is 3.67. The normalized spacial score (nSPS) is 13.3. The second-order valence-corrected chi connectivity index (χ2v) is 5.39. The lowest BCUT2D eigenvalue weighted by molar-refractivity contribution is 0.255. The molecule has 0 aromatic carbocycles. The minimum Gasteiger partial charge on any atom is -0.306 e. The molecule has 1 heterocycles. The Balaban J connectivity index is 2.32. The number of thiol groups is 1. The van der Waals surface area contributed by atoms with Gasteiger partial charge >= 0.3 is 0 Å². The molecular formula is C14H24N2S. The van der Waals surface area contributed by atoms with E-state index in [1.54, 1.807) is 0 Å². The van der Waals surface area contributed by atoms with Crippen LogP contribution in [0, 0.1) is 11.8 Å². The Morgan fingerprint density at radius 3 is 2.65 bits per heavy atom. The van der Waals surface area contributed by atoms with E-state index in [1.165, 1.54) is 5.69 Å². The van der Waals surface area contributed by atoms with E-state index in [-0.39, 0.29) is 0 Å². The molecule has 0 spiro atoms. The highest BCUT2D eigenvalue weighted by Gasteiger charge is 2.13. The molecule has 0 aliphatic carbocycles. The van der Waals surface area contributed by atoms with E-state index in [2.05, 4.69) is 49.5 Å². The maximum Gasteiger partial charge on any atom is 0.0416 e. The summed E-state index contributed by atoms with van der Waals surface area (Å²) >= 11 is 4.43. The van der Waals surface area contributed by atoms with Crippen LogP contribution in [-0.2, 0) is 6.42 Å². The van der Waals surface area contributed by atoms with Crippen LogP contribution in [0.4, 0.5) is 0 Å². The lowest BCUT2D eigenvalue weighted by Gasteiger charge is -2.25. The molecule has 0 saturated heterocycles. The van der Waals surface area contributed by atoms with Crippen molar-refractivity contribution in [3.63, 3.8) is 0 Å². The third-order valence-electron chi connectivity index (χ3n) is 3.20. The summed E-state index contributed by atoms with van der Waals surface area (Å²) in [6, 6.07) is 6.10. The van der Waals surface area contributed by atoms with Crippen molar-refractivity contribution in [2.75, 3.05) is 25.9 Å². The zero-order valence-corrected chi connectivity index (χ0v) is 12.0. The fourth-order valence-corrected chi connectivity index (χ4v) is 2.36. The summed E-state index contributed by atoms with van der Waals surface area (Å²) < 4.78 is 0. The van der Waals surface area contributed by atoms with Crippen LogP contribution in [0.1, 0.15) is 19.5 Å². The summed E-state index contributed by atoms with van der Waals surface area (Å²) in [4.78, 5) is 6.73. The van der Waals surface area contributed by atoms with Crippen molar-refractivity contribution in [2.45, 2.75) is 20.3 Å². The van der Waals surface area contributed by atoms with E-state index in [4.69, 9.17) is 0 Å². The molecule has 1 aromatic heterocycles. The first kappa shape index (κ1) is 14.5. The van der Waals surface area contributed by atoms with E-state index in [0.29, 0.717) is 11.8 Å². The van der Waals surface area contributed by atoms with Gasteiger partial charge in [-0.2, -0.15) is 12.6 Å². The number of likely N-dealkylation sites (N-methyl/N-ethyl adjacent to an activating group) is 1. The smallest absolute Gasteiger partial charge is 0.0416 e. The fourth-order valence-electron chi connectivity index (χ4n) is 1.82. The predicted molar refractivity (Wildman–Crippen MR) is 77.6 cm³/mol. The molecule has 0 bridgehead atoms. The average Bonchev–Trinajstić information content (AvgIpc) is 2.34. The molecule has 0 aliphatic heterocycles. The first-order valence-corrected chi connectivity index (χ1v) is 6.96. The lowest BCUT2D eigenvalue weighted by Crippen LogP contribution is -2.31. The van der Waals surface area contributed by atoms with Gasteiger partial charge in [0.25, 0.3) is 0 Å². The first-order valence-electron chi connectivity index (χ1n) is 6.32. The largest absolute Gasteiger partial charge is 0.306 e. The zero-order chi connectivity index (χ0) is 12.7. The number of rotatable bonds is 7. The number of nitrogens with zero attached hydrogens (tertiary/aromatic N) is 2. The molecule has 0 aliphatic rings. The Kier molecular flexibility index (Phi) is 6.60. The van der Waals surface area contributed by atoms with Gasteiger partial charge in [0.1, 0.15) is 0 Å². The molecule has 1 rings (SSSR count). The van der Waals surface area contributed by atoms with Crippen LogP contribution < -0.4 is 0 Å². The van der Waals surface area contributed by atoms with Crippen molar-refractivity contribution in [1.29, 1.82) is 0 Å². The van der Waals surface area contributed by atoms with Crippen LogP contribution in [0.2, 0.25) is 0 Å². The van der Waals surface area contributed by atoms with Crippen molar-refractivity contribution in [1.82, 2.24) is 9.88 Å². The van der Waals surface area contributed by atoms with Gasteiger partial charge in [0.15, 0.2) is 0 Å².